The standard InChI is InChI=1S/C15H16N2O3S/c1-3-20-15(19)10-5-4-6-11(7-10)17-14(18)13-8-12(16)9(2)21-13/h4-8H,3,16H2,1-2H3,(H,17,18). The Bertz CT molecular complexity index is 660. The Balaban J connectivity index is 2.14. The van der Waals surface area contributed by atoms with Crippen molar-refractivity contribution in [2.24, 2.45) is 0 Å². The van der Waals surface area contributed by atoms with Crippen LogP contribution < -0.4 is 11.1 Å². The average Bonchev–Trinajstić information content (AvgIpc) is 2.79. The van der Waals surface area contributed by atoms with E-state index in [1.165, 1.54) is 11.3 Å². The molecule has 6 heteroatoms. The molecule has 1 aromatic heterocycles. The number of nitrogens with two attached hydrogens (primary N) is 1. The Hall–Kier alpha value is -2.34. The molecule has 110 valence electrons. The molecule has 3 N–H and O–H groups in total. The van der Waals surface area contributed by atoms with E-state index in [4.69, 9.17) is 10.5 Å². The maximum Gasteiger partial charge on any atom is 0.338 e. The molecular formula is C15H16N2O3S. The van der Waals surface area contributed by atoms with Gasteiger partial charge in [-0.2, -0.15) is 0 Å². The minimum absolute atomic E-state index is 0.249. The highest BCUT2D eigenvalue weighted by molar-refractivity contribution is 7.14. The van der Waals surface area contributed by atoms with Gasteiger partial charge in [0.1, 0.15) is 0 Å². The van der Waals surface area contributed by atoms with E-state index in [0.29, 0.717) is 28.4 Å². The van der Waals surface area contributed by atoms with Gasteiger partial charge >= 0.3 is 5.97 Å². The van der Waals surface area contributed by atoms with Crippen LogP contribution in [0.5, 0.6) is 0 Å². The van der Waals surface area contributed by atoms with Crippen molar-refractivity contribution in [1.82, 2.24) is 0 Å². The normalized spacial score (nSPS) is 10.2. The summed E-state index contributed by atoms with van der Waals surface area (Å²) in [4.78, 5) is 25.2. The number of benzene rings is 1. The van der Waals surface area contributed by atoms with E-state index >= 15 is 0 Å². The van der Waals surface area contributed by atoms with Gasteiger partial charge in [-0.15, -0.1) is 11.3 Å². The van der Waals surface area contributed by atoms with Crippen molar-refractivity contribution in [1.29, 1.82) is 0 Å². The average molecular weight is 304 g/mol. The van der Waals surface area contributed by atoms with E-state index in [0.717, 1.165) is 4.88 Å². The monoisotopic (exact) mass is 304 g/mol. The minimum atomic E-state index is -0.412. The van der Waals surface area contributed by atoms with Crippen molar-refractivity contribution in [3.05, 3.63) is 45.6 Å². The van der Waals surface area contributed by atoms with Gasteiger partial charge in [-0.25, -0.2) is 4.79 Å². The van der Waals surface area contributed by atoms with Gasteiger partial charge in [0.25, 0.3) is 5.91 Å². The Kier molecular flexibility index (Phi) is 4.59. The van der Waals surface area contributed by atoms with Crippen LogP contribution >= 0.6 is 11.3 Å². The third kappa shape index (κ3) is 3.61. The molecule has 1 aromatic carbocycles. The molecule has 0 unspecified atom stereocenters. The van der Waals surface area contributed by atoms with Gasteiger partial charge < -0.3 is 15.8 Å². The highest BCUT2D eigenvalue weighted by Gasteiger charge is 2.12. The summed E-state index contributed by atoms with van der Waals surface area (Å²) < 4.78 is 4.93. The third-order valence-corrected chi connectivity index (χ3v) is 3.88. The smallest absolute Gasteiger partial charge is 0.338 e. The first-order chi connectivity index (χ1) is 10.0. The number of nitrogens with one attached hydrogen (secondary N) is 1. The van der Waals surface area contributed by atoms with Gasteiger partial charge in [-0.05, 0) is 38.1 Å². The van der Waals surface area contributed by atoms with E-state index in [9.17, 15) is 9.59 Å². The van der Waals surface area contributed by atoms with Crippen LogP contribution in [0.4, 0.5) is 11.4 Å². The quantitative estimate of drug-likeness (QED) is 0.851. The molecule has 2 aromatic rings. The number of rotatable bonds is 4. The summed E-state index contributed by atoms with van der Waals surface area (Å²) >= 11 is 1.33. The second-order valence-electron chi connectivity index (χ2n) is 4.38. The molecule has 2 rings (SSSR count). The van der Waals surface area contributed by atoms with Crippen LogP contribution in [0.1, 0.15) is 31.8 Å². The molecule has 0 aliphatic rings. The summed E-state index contributed by atoms with van der Waals surface area (Å²) in [6.45, 7) is 3.91. The van der Waals surface area contributed by atoms with Gasteiger partial charge in [-0.1, -0.05) is 6.07 Å². The Morgan fingerprint density at radius 1 is 1.33 bits per heavy atom. The number of hydrogen-bond donors (Lipinski definition) is 2. The number of anilines is 2. The molecule has 0 aliphatic heterocycles. The minimum Gasteiger partial charge on any atom is -0.462 e. The van der Waals surface area contributed by atoms with Crippen molar-refractivity contribution in [2.45, 2.75) is 13.8 Å². The second kappa shape index (κ2) is 6.41. The fourth-order valence-corrected chi connectivity index (χ4v) is 2.58. The molecule has 0 bridgehead atoms. The Morgan fingerprint density at radius 3 is 2.71 bits per heavy atom. The number of carbonyl (C=O) groups is 2. The topological polar surface area (TPSA) is 81.4 Å². The van der Waals surface area contributed by atoms with Crippen molar-refractivity contribution >= 4 is 34.6 Å². The highest BCUT2D eigenvalue weighted by Crippen LogP contribution is 2.24. The van der Waals surface area contributed by atoms with Gasteiger partial charge in [0.2, 0.25) is 0 Å². The number of nitrogen functional groups attached to an aromatic ring is 1. The molecule has 0 saturated carbocycles. The van der Waals surface area contributed by atoms with Crippen LogP contribution in [0.2, 0.25) is 0 Å². The van der Waals surface area contributed by atoms with Crippen molar-refractivity contribution < 1.29 is 14.3 Å². The Labute approximate surface area is 126 Å². The third-order valence-electron chi connectivity index (χ3n) is 2.81. The molecule has 0 saturated heterocycles. The maximum atomic E-state index is 12.1. The second-order valence-corrected chi connectivity index (χ2v) is 5.63. The van der Waals surface area contributed by atoms with Gasteiger partial charge in [0.15, 0.2) is 0 Å². The van der Waals surface area contributed by atoms with Gasteiger partial charge in [-0.3, -0.25) is 4.79 Å². The summed E-state index contributed by atoms with van der Waals surface area (Å²) in [5.41, 5.74) is 7.28. The number of amides is 1. The summed E-state index contributed by atoms with van der Waals surface area (Å²) in [5, 5.41) is 2.74. The lowest BCUT2D eigenvalue weighted by Gasteiger charge is -2.06. The molecule has 0 atom stereocenters. The number of ether oxygens (including phenoxy) is 1. The molecule has 1 heterocycles. The lowest BCUT2D eigenvalue weighted by Crippen LogP contribution is -2.11. The number of hydrogen-bond acceptors (Lipinski definition) is 5. The summed E-state index contributed by atoms with van der Waals surface area (Å²) in [6, 6.07) is 8.27. The number of esters is 1. The van der Waals surface area contributed by atoms with E-state index in [2.05, 4.69) is 5.32 Å². The lowest BCUT2D eigenvalue weighted by molar-refractivity contribution is 0.0526. The molecule has 0 spiro atoms. The van der Waals surface area contributed by atoms with Crippen LogP contribution in [0.15, 0.2) is 30.3 Å². The number of carbonyl (C=O) groups excluding carboxylic acids is 2. The first-order valence-electron chi connectivity index (χ1n) is 6.45. The van der Waals surface area contributed by atoms with Crippen molar-refractivity contribution in [3.8, 4) is 0 Å². The van der Waals surface area contributed by atoms with Gasteiger partial charge in [0, 0.05) is 16.3 Å². The zero-order valence-corrected chi connectivity index (χ0v) is 12.6. The molecule has 0 fully saturated rings. The van der Waals surface area contributed by atoms with Crippen LogP contribution in [0.3, 0.4) is 0 Å². The predicted octanol–water partition coefficient (Wildman–Crippen LogP) is 3.07. The van der Waals surface area contributed by atoms with E-state index in [1.54, 1.807) is 37.3 Å². The summed E-state index contributed by atoms with van der Waals surface area (Å²) in [5.74, 6) is -0.661. The van der Waals surface area contributed by atoms with Crippen LogP contribution in [-0.2, 0) is 4.74 Å². The summed E-state index contributed by atoms with van der Waals surface area (Å²) in [6.07, 6.45) is 0. The van der Waals surface area contributed by atoms with Crippen LogP contribution in [0.25, 0.3) is 0 Å². The molecule has 21 heavy (non-hydrogen) atoms. The van der Waals surface area contributed by atoms with Crippen molar-refractivity contribution in [2.75, 3.05) is 17.7 Å². The Morgan fingerprint density at radius 2 is 2.10 bits per heavy atom. The fraction of sp³-hybridized carbons (Fsp3) is 0.200. The first-order valence-corrected chi connectivity index (χ1v) is 7.27. The molecule has 0 radical (unpaired) electrons. The van der Waals surface area contributed by atoms with E-state index in [1.807, 2.05) is 6.92 Å². The summed E-state index contributed by atoms with van der Waals surface area (Å²) in [7, 11) is 0. The molecular weight excluding hydrogens is 288 g/mol. The largest absolute Gasteiger partial charge is 0.462 e. The SMILES string of the molecule is CCOC(=O)c1cccc(NC(=O)c2cc(N)c(C)s2)c1. The number of thiophene rings is 1. The zero-order chi connectivity index (χ0) is 15.4. The molecule has 0 aliphatic carbocycles. The predicted molar refractivity (Wildman–Crippen MR) is 83.8 cm³/mol. The first kappa shape index (κ1) is 15.1. The van der Waals surface area contributed by atoms with Crippen LogP contribution in [-0.4, -0.2) is 18.5 Å². The van der Waals surface area contributed by atoms with Crippen molar-refractivity contribution in [3.63, 3.8) is 0 Å². The zero-order valence-electron chi connectivity index (χ0n) is 11.8. The van der Waals surface area contributed by atoms with E-state index < -0.39 is 5.97 Å². The van der Waals surface area contributed by atoms with E-state index in [-0.39, 0.29) is 5.91 Å². The lowest BCUT2D eigenvalue weighted by atomic mass is 10.2. The molecule has 5 nitrogen and oxygen atoms in total. The molecule has 1 amide bonds. The number of aryl methyl sites for hydroxylation is 1. The van der Waals surface area contributed by atoms with Gasteiger partial charge in [0.05, 0.1) is 17.0 Å². The maximum absolute atomic E-state index is 12.1. The highest BCUT2D eigenvalue weighted by atomic mass is 32.1. The van der Waals surface area contributed by atoms with Crippen LogP contribution in [0, 0.1) is 6.92 Å². The fourth-order valence-electron chi connectivity index (χ4n) is 1.74.